The first-order chi connectivity index (χ1) is 14.4. The van der Waals surface area contributed by atoms with Crippen LogP contribution in [0.25, 0.3) is 11.4 Å². The Morgan fingerprint density at radius 3 is 2.60 bits per heavy atom. The minimum atomic E-state index is -0.337. The van der Waals surface area contributed by atoms with E-state index < -0.39 is 0 Å². The third-order valence-electron chi connectivity index (χ3n) is 4.48. The molecule has 0 saturated heterocycles. The highest BCUT2D eigenvalue weighted by Crippen LogP contribution is 2.30. The van der Waals surface area contributed by atoms with Gasteiger partial charge in [0.15, 0.2) is 11.5 Å². The van der Waals surface area contributed by atoms with Gasteiger partial charge in [0.1, 0.15) is 12.4 Å². The zero-order valence-corrected chi connectivity index (χ0v) is 17.7. The molecule has 0 aliphatic rings. The molecule has 8 heteroatoms. The Bertz CT molecular complexity index is 1130. The Kier molecular flexibility index (Phi) is 6.74. The first-order valence-electron chi connectivity index (χ1n) is 9.24. The summed E-state index contributed by atoms with van der Waals surface area (Å²) in [6, 6.07) is 13.8. The van der Waals surface area contributed by atoms with E-state index in [-0.39, 0.29) is 24.6 Å². The molecule has 7 nitrogen and oxygen atoms in total. The number of halogens is 1. The summed E-state index contributed by atoms with van der Waals surface area (Å²) in [5, 5.41) is 3.34. The van der Waals surface area contributed by atoms with E-state index in [0.29, 0.717) is 33.6 Å². The maximum atomic E-state index is 12.6. The molecule has 0 radical (unpaired) electrons. The SMILES string of the molecule is COc1cccc(CNC(=O)Cn2c(-c3cccc(Cl)c3)nc(C)cc2=O)c1OC. The lowest BCUT2D eigenvalue weighted by atomic mass is 10.2. The van der Waals surface area contributed by atoms with Crippen LogP contribution < -0.4 is 20.3 Å². The van der Waals surface area contributed by atoms with Gasteiger partial charge < -0.3 is 14.8 Å². The maximum absolute atomic E-state index is 12.6. The topological polar surface area (TPSA) is 82.5 Å². The highest BCUT2D eigenvalue weighted by molar-refractivity contribution is 6.30. The predicted molar refractivity (Wildman–Crippen MR) is 115 cm³/mol. The zero-order chi connectivity index (χ0) is 21.7. The Labute approximate surface area is 179 Å². The number of benzene rings is 2. The fraction of sp³-hybridized carbons (Fsp3) is 0.227. The molecule has 0 aliphatic heterocycles. The third-order valence-corrected chi connectivity index (χ3v) is 4.72. The molecule has 3 rings (SSSR count). The van der Waals surface area contributed by atoms with Crippen molar-refractivity contribution in [3.05, 3.63) is 75.2 Å². The number of nitrogens with one attached hydrogen (secondary N) is 1. The van der Waals surface area contributed by atoms with Gasteiger partial charge in [0.05, 0.1) is 14.2 Å². The van der Waals surface area contributed by atoms with Crippen LogP contribution in [0.5, 0.6) is 11.5 Å². The average molecular weight is 428 g/mol. The molecule has 0 atom stereocenters. The number of ether oxygens (including phenoxy) is 2. The van der Waals surface area contributed by atoms with Crippen LogP contribution in [0.4, 0.5) is 0 Å². The fourth-order valence-electron chi connectivity index (χ4n) is 3.11. The van der Waals surface area contributed by atoms with Crippen molar-refractivity contribution < 1.29 is 14.3 Å². The molecule has 1 N–H and O–H groups in total. The number of carbonyl (C=O) groups excluding carboxylic acids is 1. The van der Waals surface area contributed by atoms with Crippen LogP contribution in [0.3, 0.4) is 0 Å². The summed E-state index contributed by atoms with van der Waals surface area (Å²) >= 11 is 6.09. The van der Waals surface area contributed by atoms with Crippen LogP contribution >= 0.6 is 11.6 Å². The van der Waals surface area contributed by atoms with E-state index in [1.807, 2.05) is 12.1 Å². The van der Waals surface area contributed by atoms with E-state index in [2.05, 4.69) is 10.3 Å². The number of amides is 1. The molecule has 1 aromatic heterocycles. The minimum Gasteiger partial charge on any atom is -0.493 e. The van der Waals surface area contributed by atoms with Crippen molar-refractivity contribution in [1.29, 1.82) is 0 Å². The highest BCUT2D eigenvalue weighted by Gasteiger charge is 2.15. The highest BCUT2D eigenvalue weighted by atomic mass is 35.5. The number of aryl methyl sites for hydroxylation is 1. The number of para-hydroxylation sites is 1. The Hall–Kier alpha value is -3.32. The Morgan fingerprint density at radius 2 is 1.90 bits per heavy atom. The molecule has 1 heterocycles. The lowest BCUT2D eigenvalue weighted by Crippen LogP contribution is -2.33. The second-order valence-electron chi connectivity index (χ2n) is 6.59. The van der Waals surface area contributed by atoms with Gasteiger partial charge in [-0.3, -0.25) is 14.2 Å². The van der Waals surface area contributed by atoms with Gasteiger partial charge in [-0.1, -0.05) is 35.9 Å². The van der Waals surface area contributed by atoms with Crippen LogP contribution in [0.2, 0.25) is 5.02 Å². The van der Waals surface area contributed by atoms with Gasteiger partial charge in [-0.2, -0.15) is 0 Å². The molecule has 3 aromatic rings. The fourth-order valence-corrected chi connectivity index (χ4v) is 3.30. The van der Waals surface area contributed by atoms with E-state index in [0.717, 1.165) is 5.56 Å². The first kappa shape index (κ1) is 21.4. The van der Waals surface area contributed by atoms with Gasteiger partial charge in [0.25, 0.3) is 5.56 Å². The van der Waals surface area contributed by atoms with Gasteiger partial charge in [-0.15, -0.1) is 0 Å². The Morgan fingerprint density at radius 1 is 1.13 bits per heavy atom. The van der Waals surface area contributed by atoms with E-state index in [1.165, 1.54) is 17.7 Å². The number of hydrogen-bond donors (Lipinski definition) is 1. The average Bonchev–Trinajstić information content (AvgIpc) is 2.73. The second kappa shape index (κ2) is 9.45. The molecule has 0 unspecified atom stereocenters. The van der Waals surface area contributed by atoms with Crippen LogP contribution in [0.1, 0.15) is 11.3 Å². The summed E-state index contributed by atoms with van der Waals surface area (Å²) in [5.41, 5.74) is 1.67. The first-order valence-corrected chi connectivity index (χ1v) is 9.61. The van der Waals surface area contributed by atoms with E-state index >= 15 is 0 Å². The molecular weight excluding hydrogens is 406 g/mol. The second-order valence-corrected chi connectivity index (χ2v) is 7.02. The lowest BCUT2D eigenvalue weighted by Gasteiger charge is -2.15. The van der Waals surface area contributed by atoms with Gasteiger partial charge in [0.2, 0.25) is 5.91 Å². The molecule has 156 valence electrons. The predicted octanol–water partition coefficient (Wildman–Crippen LogP) is 3.21. The zero-order valence-electron chi connectivity index (χ0n) is 16.9. The number of hydrogen-bond acceptors (Lipinski definition) is 5. The van der Waals surface area contributed by atoms with Crippen molar-refractivity contribution in [3.8, 4) is 22.9 Å². The quantitative estimate of drug-likeness (QED) is 0.626. The molecule has 30 heavy (non-hydrogen) atoms. The molecule has 0 spiro atoms. The van der Waals surface area contributed by atoms with Gasteiger partial charge in [-0.05, 0) is 25.1 Å². The standard InChI is InChI=1S/C22H22ClN3O4/c1-14-10-20(28)26(22(25-14)15-6-4-8-17(23)11-15)13-19(27)24-12-16-7-5-9-18(29-2)21(16)30-3/h4-11H,12-13H2,1-3H3,(H,24,27). The molecule has 0 fully saturated rings. The van der Waals surface area contributed by atoms with Crippen LogP contribution in [0.15, 0.2) is 53.3 Å². The number of aromatic nitrogens is 2. The van der Waals surface area contributed by atoms with E-state index in [1.54, 1.807) is 44.4 Å². The van der Waals surface area contributed by atoms with Crippen LogP contribution in [-0.4, -0.2) is 29.7 Å². The lowest BCUT2D eigenvalue weighted by molar-refractivity contribution is -0.121. The number of carbonyl (C=O) groups is 1. The summed E-state index contributed by atoms with van der Waals surface area (Å²) in [6.07, 6.45) is 0. The number of nitrogens with zero attached hydrogens (tertiary/aromatic N) is 2. The molecule has 2 aromatic carbocycles. The smallest absolute Gasteiger partial charge is 0.254 e. The van der Waals surface area contributed by atoms with Crippen LogP contribution in [0, 0.1) is 6.92 Å². The van der Waals surface area contributed by atoms with Crippen molar-refractivity contribution in [2.45, 2.75) is 20.0 Å². The van der Waals surface area contributed by atoms with Gasteiger partial charge in [0, 0.05) is 34.5 Å². The summed E-state index contributed by atoms with van der Waals surface area (Å²) in [7, 11) is 3.09. The van der Waals surface area contributed by atoms with Crippen molar-refractivity contribution in [3.63, 3.8) is 0 Å². The number of rotatable bonds is 7. The van der Waals surface area contributed by atoms with Crippen LogP contribution in [-0.2, 0) is 17.9 Å². The largest absolute Gasteiger partial charge is 0.493 e. The summed E-state index contributed by atoms with van der Waals surface area (Å²) in [5.74, 6) is 1.17. The van der Waals surface area contributed by atoms with Crippen molar-refractivity contribution in [1.82, 2.24) is 14.9 Å². The maximum Gasteiger partial charge on any atom is 0.254 e. The van der Waals surface area contributed by atoms with Crippen molar-refractivity contribution in [2.75, 3.05) is 14.2 Å². The van der Waals surface area contributed by atoms with Crippen molar-refractivity contribution in [2.24, 2.45) is 0 Å². The molecular formula is C22H22ClN3O4. The van der Waals surface area contributed by atoms with Gasteiger partial charge in [-0.25, -0.2) is 4.98 Å². The molecule has 0 aliphatic carbocycles. The van der Waals surface area contributed by atoms with Gasteiger partial charge >= 0.3 is 0 Å². The third kappa shape index (κ3) is 4.80. The summed E-state index contributed by atoms with van der Waals surface area (Å²) in [4.78, 5) is 29.7. The summed E-state index contributed by atoms with van der Waals surface area (Å²) in [6.45, 7) is 1.77. The molecule has 0 saturated carbocycles. The van der Waals surface area contributed by atoms with E-state index in [9.17, 15) is 9.59 Å². The Balaban J connectivity index is 1.83. The summed E-state index contributed by atoms with van der Waals surface area (Å²) < 4.78 is 12.0. The minimum absolute atomic E-state index is 0.180. The molecule has 0 bridgehead atoms. The number of methoxy groups -OCH3 is 2. The molecule has 1 amide bonds. The van der Waals surface area contributed by atoms with E-state index in [4.69, 9.17) is 21.1 Å². The normalized spacial score (nSPS) is 10.5. The monoisotopic (exact) mass is 427 g/mol. The van der Waals surface area contributed by atoms with Crippen molar-refractivity contribution >= 4 is 17.5 Å².